The topological polar surface area (TPSA) is 84.5 Å². The van der Waals surface area contributed by atoms with Gasteiger partial charge in [0.2, 0.25) is 5.91 Å². The lowest BCUT2D eigenvalue weighted by molar-refractivity contribution is -0.119. The largest absolute Gasteiger partial charge is 0.452 e. The van der Waals surface area contributed by atoms with Crippen LogP contribution in [0.3, 0.4) is 0 Å². The van der Waals surface area contributed by atoms with Gasteiger partial charge >= 0.3 is 5.97 Å². The third-order valence-corrected chi connectivity index (χ3v) is 4.16. The molecule has 3 rings (SSSR count). The van der Waals surface area contributed by atoms with Crippen LogP contribution in [0.5, 0.6) is 0 Å². The summed E-state index contributed by atoms with van der Waals surface area (Å²) >= 11 is 0. The maximum absolute atomic E-state index is 12.1. The Kier molecular flexibility index (Phi) is 5.31. The predicted molar refractivity (Wildman–Crippen MR) is 98.1 cm³/mol. The summed E-state index contributed by atoms with van der Waals surface area (Å²) < 4.78 is 5.09. The fourth-order valence-electron chi connectivity index (χ4n) is 2.95. The zero-order valence-electron chi connectivity index (χ0n) is 14.5. The van der Waals surface area contributed by atoms with Crippen molar-refractivity contribution in [2.75, 3.05) is 17.2 Å². The summed E-state index contributed by atoms with van der Waals surface area (Å²) in [6, 6.07) is 12.2. The van der Waals surface area contributed by atoms with Crippen molar-refractivity contribution < 1.29 is 19.1 Å². The number of aryl methyl sites for hydroxylation is 2. The molecule has 26 heavy (non-hydrogen) atoms. The second kappa shape index (κ2) is 7.82. The Balaban J connectivity index is 1.50. The molecule has 2 N–H and O–H groups in total. The molecule has 6 nitrogen and oxygen atoms in total. The molecule has 2 amide bonds. The van der Waals surface area contributed by atoms with Gasteiger partial charge in [0.1, 0.15) is 0 Å². The first-order chi connectivity index (χ1) is 12.5. The van der Waals surface area contributed by atoms with Crippen LogP contribution in [-0.4, -0.2) is 24.4 Å². The van der Waals surface area contributed by atoms with Crippen molar-refractivity contribution in [2.24, 2.45) is 0 Å². The van der Waals surface area contributed by atoms with Gasteiger partial charge in [-0.15, -0.1) is 0 Å². The van der Waals surface area contributed by atoms with Gasteiger partial charge in [-0.3, -0.25) is 9.59 Å². The van der Waals surface area contributed by atoms with E-state index in [0.29, 0.717) is 16.9 Å². The van der Waals surface area contributed by atoms with E-state index < -0.39 is 11.9 Å². The number of nitrogens with one attached hydrogen (secondary N) is 2. The first-order valence-corrected chi connectivity index (χ1v) is 8.48. The van der Waals surface area contributed by atoms with Gasteiger partial charge in [-0.05, 0) is 66.8 Å². The standard InChI is InChI=1S/C20H20N2O4/c1-13(23)21-17-7-9-18(10-8-17)22-19(24)12-26-20(25)16-6-5-14-3-2-4-15(14)11-16/h5-11H,2-4,12H2,1H3,(H,21,23)(H,22,24). The SMILES string of the molecule is CC(=O)Nc1ccc(NC(=O)COC(=O)c2ccc3c(c2)CCC3)cc1. The number of anilines is 2. The molecule has 0 saturated heterocycles. The minimum atomic E-state index is -0.504. The smallest absolute Gasteiger partial charge is 0.338 e. The highest BCUT2D eigenvalue weighted by molar-refractivity contribution is 5.96. The van der Waals surface area contributed by atoms with Gasteiger partial charge in [-0.1, -0.05) is 6.07 Å². The molecule has 134 valence electrons. The van der Waals surface area contributed by atoms with Crippen LogP contribution < -0.4 is 10.6 Å². The Morgan fingerprint density at radius 2 is 1.58 bits per heavy atom. The van der Waals surface area contributed by atoms with E-state index in [1.165, 1.54) is 18.1 Å². The predicted octanol–water partition coefficient (Wildman–Crippen LogP) is 2.93. The normalized spacial score (nSPS) is 12.2. The molecule has 0 aliphatic heterocycles. The molecule has 0 heterocycles. The van der Waals surface area contributed by atoms with Gasteiger partial charge in [0.25, 0.3) is 5.91 Å². The lowest BCUT2D eigenvalue weighted by atomic mass is 10.1. The number of rotatable bonds is 5. The van der Waals surface area contributed by atoms with Crippen LogP contribution in [0.25, 0.3) is 0 Å². The number of fused-ring (bicyclic) bond motifs is 1. The van der Waals surface area contributed by atoms with E-state index in [2.05, 4.69) is 10.6 Å². The fourth-order valence-corrected chi connectivity index (χ4v) is 2.95. The van der Waals surface area contributed by atoms with Crippen molar-refractivity contribution >= 4 is 29.2 Å². The minimum Gasteiger partial charge on any atom is -0.452 e. The first kappa shape index (κ1) is 17.7. The van der Waals surface area contributed by atoms with Gasteiger partial charge in [-0.25, -0.2) is 4.79 Å². The molecular formula is C20H20N2O4. The Bertz CT molecular complexity index is 843. The van der Waals surface area contributed by atoms with Gasteiger partial charge in [0.05, 0.1) is 5.56 Å². The number of esters is 1. The van der Waals surface area contributed by atoms with Crippen LogP contribution in [0.2, 0.25) is 0 Å². The van der Waals surface area contributed by atoms with Crippen LogP contribution >= 0.6 is 0 Å². The molecule has 0 fully saturated rings. The van der Waals surface area contributed by atoms with Crippen molar-refractivity contribution in [3.63, 3.8) is 0 Å². The molecule has 2 aromatic rings. The van der Waals surface area contributed by atoms with E-state index >= 15 is 0 Å². The molecule has 0 bridgehead atoms. The van der Waals surface area contributed by atoms with Crippen LogP contribution in [0.1, 0.15) is 34.8 Å². The van der Waals surface area contributed by atoms with Gasteiger partial charge < -0.3 is 15.4 Å². The van der Waals surface area contributed by atoms with E-state index in [0.717, 1.165) is 19.3 Å². The van der Waals surface area contributed by atoms with Crippen molar-refractivity contribution in [1.29, 1.82) is 0 Å². The molecular weight excluding hydrogens is 332 g/mol. The molecule has 0 spiro atoms. The summed E-state index contributed by atoms with van der Waals surface area (Å²) in [5, 5.41) is 5.28. The van der Waals surface area contributed by atoms with Crippen molar-refractivity contribution in [3.8, 4) is 0 Å². The monoisotopic (exact) mass is 352 g/mol. The van der Waals surface area contributed by atoms with E-state index in [1.807, 2.05) is 12.1 Å². The Morgan fingerprint density at radius 3 is 2.27 bits per heavy atom. The molecule has 2 aromatic carbocycles. The average Bonchev–Trinajstić information content (AvgIpc) is 3.08. The third-order valence-electron chi connectivity index (χ3n) is 4.16. The third kappa shape index (κ3) is 4.47. The first-order valence-electron chi connectivity index (χ1n) is 8.48. The Morgan fingerprint density at radius 1 is 0.923 bits per heavy atom. The van der Waals surface area contributed by atoms with E-state index in [-0.39, 0.29) is 12.5 Å². The molecule has 0 aromatic heterocycles. The van der Waals surface area contributed by atoms with Crippen molar-refractivity contribution in [3.05, 3.63) is 59.2 Å². The summed E-state index contributed by atoms with van der Waals surface area (Å²) in [6.07, 6.45) is 3.14. The van der Waals surface area contributed by atoms with E-state index in [1.54, 1.807) is 30.3 Å². The zero-order chi connectivity index (χ0) is 18.5. The molecule has 6 heteroatoms. The van der Waals surface area contributed by atoms with Crippen molar-refractivity contribution in [2.45, 2.75) is 26.2 Å². The van der Waals surface area contributed by atoms with Crippen LogP contribution in [0.15, 0.2) is 42.5 Å². The Hall–Kier alpha value is -3.15. The Labute approximate surface area is 151 Å². The van der Waals surface area contributed by atoms with E-state index in [4.69, 9.17) is 4.74 Å². The maximum atomic E-state index is 12.1. The highest BCUT2D eigenvalue weighted by Gasteiger charge is 2.15. The summed E-state index contributed by atoms with van der Waals surface area (Å²) in [5.74, 6) is -1.09. The highest BCUT2D eigenvalue weighted by Crippen LogP contribution is 2.23. The van der Waals surface area contributed by atoms with E-state index in [9.17, 15) is 14.4 Å². The number of carbonyl (C=O) groups excluding carboxylic acids is 3. The highest BCUT2D eigenvalue weighted by atomic mass is 16.5. The molecule has 0 radical (unpaired) electrons. The van der Waals surface area contributed by atoms with Crippen LogP contribution in [0, 0.1) is 0 Å². The molecule has 0 atom stereocenters. The molecule has 0 saturated carbocycles. The summed E-state index contributed by atoms with van der Waals surface area (Å²) in [7, 11) is 0. The number of hydrogen-bond donors (Lipinski definition) is 2. The zero-order valence-corrected chi connectivity index (χ0v) is 14.5. The van der Waals surface area contributed by atoms with Crippen LogP contribution in [0.4, 0.5) is 11.4 Å². The molecule has 1 aliphatic carbocycles. The second-order valence-corrected chi connectivity index (χ2v) is 6.22. The number of ether oxygens (including phenoxy) is 1. The maximum Gasteiger partial charge on any atom is 0.338 e. The minimum absolute atomic E-state index is 0.166. The van der Waals surface area contributed by atoms with Crippen molar-refractivity contribution in [1.82, 2.24) is 0 Å². The molecule has 0 unspecified atom stereocenters. The molecule has 1 aliphatic rings. The summed E-state index contributed by atoms with van der Waals surface area (Å²) in [4.78, 5) is 35.0. The van der Waals surface area contributed by atoms with Gasteiger partial charge in [0, 0.05) is 18.3 Å². The van der Waals surface area contributed by atoms with Gasteiger partial charge in [-0.2, -0.15) is 0 Å². The number of hydrogen-bond acceptors (Lipinski definition) is 4. The fraction of sp³-hybridized carbons (Fsp3) is 0.250. The second-order valence-electron chi connectivity index (χ2n) is 6.22. The number of carbonyl (C=O) groups is 3. The summed E-state index contributed by atoms with van der Waals surface area (Å²) in [6.45, 7) is 1.06. The number of benzene rings is 2. The number of amides is 2. The van der Waals surface area contributed by atoms with Crippen LogP contribution in [-0.2, 0) is 27.2 Å². The van der Waals surface area contributed by atoms with Gasteiger partial charge in [0.15, 0.2) is 6.61 Å². The summed E-state index contributed by atoms with van der Waals surface area (Å²) in [5.41, 5.74) is 4.12. The lowest BCUT2D eigenvalue weighted by Crippen LogP contribution is -2.21. The lowest BCUT2D eigenvalue weighted by Gasteiger charge is -2.08. The quantitative estimate of drug-likeness (QED) is 0.811. The average molecular weight is 352 g/mol.